The van der Waals surface area contributed by atoms with Crippen molar-refractivity contribution in [1.29, 1.82) is 0 Å². The number of primary amides is 1. The summed E-state index contributed by atoms with van der Waals surface area (Å²) < 4.78 is 6.09. The average molecular weight is 422 g/mol. The third-order valence-corrected chi connectivity index (χ3v) is 9.85. The highest BCUT2D eigenvalue weighted by Crippen LogP contribution is 2.36. The molecular formula is C21H35N3O4Si. The van der Waals surface area contributed by atoms with Crippen molar-refractivity contribution in [3.05, 3.63) is 35.9 Å². The summed E-state index contributed by atoms with van der Waals surface area (Å²) in [4.78, 5) is 36.2. The van der Waals surface area contributed by atoms with Gasteiger partial charge in [0.2, 0.25) is 17.7 Å². The maximum absolute atomic E-state index is 12.8. The fourth-order valence-corrected chi connectivity index (χ4v) is 3.57. The third kappa shape index (κ3) is 8.37. The van der Waals surface area contributed by atoms with Crippen molar-refractivity contribution < 1.29 is 18.8 Å². The van der Waals surface area contributed by atoms with Gasteiger partial charge in [-0.1, -0.05) is 51.1 Å². The molecule has 4 N–H and O–H groups in total. The van der Waals surface area contributed by atoms with E-state index in [0.29, 0.717) is 13.0 Å². The van der Waals surface area contributed by atoms with E-state index in [1.165, 1.54) is 6.92 Å². The molecule has 7 nitrogen and oxygen atoms in total. The summed E-state index contributed by atoms with van der Waals surface area (Å²) in [5.41, 5.74) is 6.39. The third-order valence-electron chi connectivity index (χ3n) is 5.31. The van der Waals surface area contributed by atoms with Crippen LogP contribution in [0.5, 0.6) is 0 Å². The molecule has 162 valence electrons. The van der Waals surface area contributed by atoms with Crippen LogP contribution >= 0.6 is 0 Å². The van der Waals surface area contributed by atoms with Crippen molar-refractivity contribution in [1.82, 2.24) is 10.6 Å². The molecule has 1 aromatic carbocycles. The van der Waals surface area contributed by atoms with E-state index in [4.69, 9.17) is 10.2 Å². The first-order chi connectivity index (χ1) is 13.3. The summed E-state index contributed by atoms with van der Waals surface area (Å²) >= 11 is 0. The molecule has 8 heteroatoms. The highest BCUT2D eigenvalue weighted by molar-refractivity contribution is 6.74. The van der Waals surface area contributed by atoms with Crippen LogP contribution in [-0.2, 0) is 25.2 Å². The van der Waals surface area contributed by atoms with Gasteiger partial charge >= 0.3 is 0 Å². The van der Waals surface area contributed by atoms with Crippen LogP contribution in [0.1, 0.15) is 39.7 Å². The Morgan fingerprint density at radius 2 is 1.66 bits per heavy atom. The van der Waals surface area contributed by atoms with Crippen molar-refractivity contribution in [3.63, 3.8) is 0 Å². The number of carbonyl (C=O) groups is 3. The first kappa shape index (κ1) is 24.8. The standard InChI is InChI=1S/C21H35N3O4Si/c1-15(25)23-18(14-16-10-8-7-9-11-16)20(27)24-17(19(22)26)12-13-28-29(5,6)21(2,3)4/h7-11,17-18H,12-14H2,1-6H3,(H2,22,26)(H,23,25)(H,24,27)/t17-,18-/m0/s1. The van der Waals surface area contributed by atoms with E-state index in [9.17, 15) is 14.4 Å². The van der Waals surface area contributed by atoms with Gasteiger partial charge < -0.3 is 20.8 Å². The summed E-state index contributed by atoms with van der Waals surface area (Å²) in [7, 11) is -1.96. The molecule has 0 spiro atoms. The zero-order valence-electron chi connectivity index (χ0n) is 18.4. The summed E-state index contributed by atoms with van der Waals surface area (Å²) in [5, 5.41) is 5.37. The van der Waals surface area contributed by atoms with E-state index in [1.54, 1.807) is 0 Å². The average Bonchev–Trinajstić information content (AvgIpc) is 2.59. The minimum Gasteiger partial charge on any atom is -0.417 e. The number of rotatable bonds is 10. The van der Waals surface area contributed by atoms with Crippen LogP contribution in [0.3, 0.4) is 0 Å². The predicted molar refractivity (Wildman–Crippen MR) is 117 cm³/mol. The van der Waals surface area contributed by atoms with Gasteiger partial charge in [0.1, 0.15) is 12.1 Å². The van der Waals surface area contributed by atoms with Crippen LogP contribution in [0.15, 0.2) is 30.3 Å². The second kappa shape index (κ2) is 10.5. The molecule has 29 heavy (non-hydrogen) atoms. The number of hydrogen-bond acceptors (Lipinski definition) is 4. The highest BCUT2D eigenvalue weighted by Gasteiger charge is 2.37. The molecule has 1 aromatic rings. The Balaban J connectivity index is 2.77. The van der Waals surface area contributed by atoms with E-state index in [1.807, 2.05) is 30.3 Å². The minimum atomic E-state index is -1.96. The Bertz CT molecular complexity index is 702. The molecule has 1 rings (SSSR count). The molecule has 0 saturated carbocycles. The van der Waals surface area contributed by atoms with Crippen LogP contribution in [0.25, 0.3) is 0 Å². The van der Waals surface area contributed by atoms with E-state index in [-0.39, 0.29) is 17.4 Å². The first-order valence-corrected chi connectivity index (χ1v) is 12.8. The number of nitrogens with one attached hydrogen (secondary N) is 2. The summed E-state index contributed by atoms with van der Waals surface area (Å²) in [5.74, 6) is -1.39. The molecule has 0 saturated heterocycles. The van der Waals surface area contributed by atoms with Crippen molar-refractivity contribution in [3.8, 4) is 0 Å². The Hall–Kier alpha value is -2.19. The molecule has 2 atom stereocenters. The fourth-order valence-electron chi connectivity index (χ4n) is 2.51. The highest BCUT2D eigenvalue weighted by atomic mass is 28.4. The SMILES string of the molecule is CC(=O)N[C@@H](Cc1ccccc1)C(=O)N[C@@H](CCO[Si](C)(C)C(C)(C)C)C(N)=O. The van der Waals surface area contributed by atoms with E-state index in [2.05, 4.69) is 44.5 Å². The number of hydrogen-bond donors (Lipinski definition) is 3. The molecule has 0 radical (unpaired) electrons. The van der Waals surface area contributed by atoms with Gasteiger partial charge in [0.05, 0.1) is 0 Å². The van der Waals surface area contributed by atoms with Gasteiger partial charge in [0.25, 0.3) is 0 Å². The second-order valence-corrected chi connectivity index (χ2v) is 13.6. The van der Waals surface area contributed by atoms with Crippen LogP contribution < -0.4 is 16.4 Å². The topological polar surface area (TPSA) is 111 Å². The van der Waals surface area contributed by atoms with Crippen molar-refractivity contribution in [2.45, 2.75) is 70.8 Å². The van der Waals surface area contributed by atoms with E-state index < -0.39 is 32.2 Å². The second-order valence-electron chi connectivity index (χ2n) is 8.80. The molecule has 0 aromatic heterocycles. The molecule has 0 unspecified atom stereocenters. The van der Waals surface area contributed by atoms with Gasteiger partial charge in [-0.15, -0.1) is 0 Å². The molecular weight excluding hydrogens is 386 g/mol. The maximum Gasteiger partial charge on any atom is 0.243 e. The van der Waals surface area contributed by atoms with Gasteiger partial charge in [-0.25, -0.2) is 0 Å². The first-order valence-electron chi connectivity index (χ1n) is 9.88. The van der Waals surface area contributed by atoms with Gasteiger partial charge in [0.15, 0.2) is 8.32 Å². The molecule has 0 fully saturated rings. The van der Waals surface area contributed by atoms with E-state index in [0.717, 1.165) is 5.56 Å². The van der Waals surface area contributed by atoms with Crippen molar-refractivity contribution in [2.24, 2.45) is 5.73 Å². The Labute approximate surface area is 174 Å². The number of amides is 3. The number of benzene rings is 1. The minimum absolute atomic E-state index is 0.0463. The normalized spacial score (nSPS) is 14.0. The van der Waals surface area contributed by atoms with Crippen LogP contribution in [0.2, 0.25) is 18.1 Å². The van der Waals surface area contributed by atoms with Gasteiger partial charge in [-0.05, 0) is 30.1 Å². The molecule has 0 aliphatic carbocycles. The lowest BCUT2D eigenvalue weighted by atomic mass is 10.0. The molecule has 3 amide bonds. The number of nitrogens with two attached hydrogens (primary N) is 1. The van der Waals surface area contributed by atoms with Crippen molar-refractivity contribution in [2.75, 3.05) is 6.61 Å². The largest absolute Gasteiger partial charge is 0.417 e. The Morgan fingerprint density at radius 3 is 2.14 bits per heavy atom. The summed E-state index contributed by atoms with van der Waals surface area (Å²) in [6.07, 6.45) is 0.601. The summed E-state index contributed by atoms with van der Waals surface area (Å²) in [6.45, 7) is 12.3. The zero-order valence-corrected chi connectivity index (χ0v) is 19.4. The molecule has 0 heterocycles. The maximum atomic E-state index is 12.8. The van der Waals surface area contributed by atoms with Crippen LogP contribution in [0, 0.1) is 0 Å². The lowest BCUT2D eigenvalue weighted by Gasteiger charge is -2.36. The van der Waals surface area contributed by atoms with Crippen molar-refractivity contribution >= 4 is 26.0 Å². The predicted octanol–water partition coefficient (Wildman–Crippen LogP) is 2.12. The fraction of sp³-hybridized carbons (Fsp3) is 0.571. The lowest BCUT2D eigenvalue weighted by molar-refractivity contribution is -0.131. The quantitative estimate of drug-likeness (QED) is 0.503. The van der Waals surface area contributed by atoms with Crippen LogP contribution in [0.4, 0.5) is 0 Å². The van der Waals surface area contributed by atoms with Gasteiger partial charge in [0, 0.05) is 20.0 Å². The Morgan fingerprint density at radius 1 is 1.07 bits per heavy atom. The van der Waals surface area contributed by atoms with Gasteiger partial charge in [-0.3, -0.25) is 14.4 Å². The zero-order chi connectivity index (χ0) is 22.2. The van der Waals surface area contributed by atoms with E-state index >= 15 is 0 Å². The number of carbonyl (C=O) groups excluding carboxylic acids is 3. The Kier molecular flexibility index (Phi) is 9.03. The molecule has 0 bridgehead atoms. The monoisotopic (exact) mass is 421 g/mol. The van der Waals surface area contributed by atoms with Gasteiger partial charge in [-0.2, -0.15) is 0 Å². The summed E-state index contributed by atoms with van der Waals surface area (Å²) in [6, 6.07) is 7.70. The van der Waals surface area contributed by atoms with Crippen LogP contribution in [-0.4, -0.2) is 44.7 Å². The smallest absolute Gasteiger partial charge is 0.243 e. The molecule has 0 aliphatic heterocycles. The molecule has 0 aliphatic rings. The lowest BCUT2D eigenvalue weighted by Crippen LogP contribution is -2.54.